The molecule has 3 heteroatoms. The number of rotatable bonds is 6. The minimum atomic E-state index is -0.414. The number of aliphatic hydroxyl groups is 1. The van der Waals surface area contributed by atoms with Gasteiger partial charge >= 0.3 is 0 Å². The first-order valence-electron chi connectivity index (χ1n) is 7.23. The number of aliphatic hydroxyl groups excluding tert-OH is 1. The highest BCUT2D eigenvalue weighted by Crippen LogP contribution is 2.37. The van der Waals surface area contributed by atoms with E-state index in [1.165, 1.54) is 24.9 Å². The van der Waals surface area contributed by atoms with Crippen LogP contribution in [0.5, 0.6) is 0 Å². The topological polar surface area (TPSA) is 23.5 Å². The highest BCUT2D eigenvalue weighted by Gasteiger charge is 2.30. The first-order chi connectivity index (χ1) is 8.99. The molecule has 0 spiro atoms. The standard InChI is InChI=1S/C16H24BrNO/c1-11(2)8-9-18(14-5-6-14)16-10-13(17)4-7-15(16)12(3)19/h4,7,10-12,14,19H,5-6,8-9H2,1-3H3. The molecule has 0 amide bonds. The SMILES string of the molecule is CC(C)CCN(c1cc(Br)ccc1C(C)O)C1CC1. The van der Waals surface area contributed by atoms with E-state index in [2.05, 4.69) is 40.7 Å². The fourth-order valence-corrected chi connectivity index (χ4v) is 2.75. The van der Waals surface area contributed by atoms with E-state index in [4.69, 9.17) is 0 Å². The molecule has 1 aliphatic carbocycles. The van der Waals surface area contributed by atoms with Crippen molar-refractivity contribution in [1.29, 1.82) is 0 Å². The average molecular weight is 326 g/mol. The molecule has 0 heterocycles. The lowest BCUT2D eigenvalue weighted by Gasteiger charge is -2.29. The lowest BCUT2D eigenvalue weighted by Crippen LogP contribution is -2.29. The molecule has 0 radical (unpaired) electrons. The Morgan fingerprint density at radius 2 is 2.00 bits per heavy atom. The fraction of sp³-hybridized carbons (Fsp3) is 0.625. The molecule has 2 rings (SSSR count). The number of hydrogen-bond donors (Lipinski definition) is 1. The van der Waals surface area contributed by atoms with E-state index in [-0.39, 0.29) is 0 Å². The largest absolute Gasteiger partial charge is 0.389 e. The molecule has 1 fully saturated rings. The number of hydrogen-bond acceptors (Lipinski definition) is 2. The second kappa shape index (κ2) is 6.27. The molecule has 1 atom stereocenters. The van der Waals surface area contributed by atoms with Crippen LogP contribution in [0, 0.1) is 5.92 Å². The van der Waals surface area contributed by atoms with Crippen molar-refractivity contribution in [2.75, 3.05) is 11.4 Å². The van der Waals surface area contributed by atoms with Gasteiger partial charge in [-0.2, -0.15) is 0 Å². The van der Waals surface area contributed by atoms with Gasteiger partial charge in [0.2, 0.25) is 0 Å². The molecule has 106 valence electrons. The van der Waals surface area contributed by atoms with Crippen LogP contribution >= 0.6 is 15.9 Å². The molecule has 0 aromatic heterocycles. The van der Waals surface area contributed by atoms with Gasteiger partial charge in [-0.3, -0.25) is 0 Å². The maximum Gasteiger partial charge on any atom is 0.0782 e. The molecule has 0 saturated heterocycles. The highest BCUT2D eigenvalue weighted by atomic mass is 79.9. The van der Waals surface area contributed by atoms with Crippen LogP contribution in [-0.4, -0.2) is 17.7 Å². The average Bonchev–Trinajstić information content (AvgIpc) is 3.13. The summed E-state index contributed by atoms with van der Waals surface area (Å²) in [6, 6.07) is 6.87. The predicted molar refractivity (Wildman–Crippen MR) is 84.6 cm³/mol. The third kappa shape index (κ3) is 3.96. The minimum absolute atomic E-state index is 0.414. The molecular formula is C16H24BrNO. The summed E-state index contributed by atoms with van der Waals surface area (Å²) < 4.78 is 1.09. The molecule has 1 unspecified atom stereocenters. The van der Waals surface area contributed by atoms with Crippen LogP contribution in [0.15, 0.2) is 22.7 Å². The Labute approximate surface area is 124 Å². The lowest BCUT2D eigenvalue weighted by atomic mass is 10.1. The number of nitrogens with zero attached hydrogens (tertiary/aromatic N) is 1. The highest BCUT2D eigenvalue weighted by molar-refractivity contribution is 9.10. The summed E-state index contributed by atoms with van der Waals surface area (Å²) in [4.78, 5) is 2.49. The summed E-state index contributed by atoms with van der Waals surface area (Å²) in [6.45, 7) is 7.46. The third-order valence-corrected chi connectivity index (χ3v) is 4.18. The van der Waals surface area contributed by atoms with E-state index in [0.29, 0.717) is 12.0 Å². The molecule has 1 N–H and O–H groups in total. The molecule has 1 aromatic carbocycles. The molecule has 2 nitrogen and oxygen atoms in total. The van der Waals surface area contributed by atoms with Crippen LogP contribution in [0.4, 0.5) is 5.69 Å². The van der Waals surface area contributed by atoms with Gasteiger partial charge in [0, 0.05) is 28.3 Å². The first kappa shape index (κ1) is 14.9. The third-order valence-electron chi connectivity index (χ3n) is 3.69. The van der Waals surface area contributed by atoms with Crippen LogP contribution in [0.3, 0.4) is 0 Å². The van der Waals surface area contributed by atoms with Gasteiger partial charge in [0.15, 0.2) is 0 Å². The molecule has 19 heavy (non-hydrogen) atoms. The van der Waals surface area contributed by atoms with E-state index in [0.717, 1.165) is 16.6 Å². The molecule has 0 bridgehead atoms. The van der Waals surface area contributed by atoms with Gasteiger partial charge in [-0.1, -0.05) is 35.8 Å². The lowest BCUT2D eigenvalue weighted by molar-refractivity contribution is 0.199. The van der Waals surface area contributed by atoms with Crippen molar-refractivity contribution in [3.8, 4) is 0 Å². The maximum absolute atomic E-state index is 9.98. The van der Waals surface area contributed by atoms with E-state index in [1.807, 2.05) is 19.1 Å². The minimum Gasteiger partial charge on any atom is -0.389 e. The van der Waals surface area contributed by atoms with Gasteiger partial charge in [0.25, 0.3) is 0 Å². The fourth-order valence-electron chi connectivity index (χ4n) is 2.40. The Hall–Kier alpha value is -0.540. The Morgan fingerprint density at radius 3 is 2.53 bits per heavy atom. The molecular weight excluding hydrogens is 302 g/mol. The van der Waals surface area contributed by atoms with Crippen molar-refractivity contribution in [2.45, 2.75) is 52.2 Å². The zero-order chi connectivity index (χ0) is 14.0. The van der Waals surface area contributed by atoms with Crippen molar-refractivity contribution in [3.05, 3.63) is 28.2 Å². The summed E-state index contributed by atoms with van der Waals surface area (Å²) in [5.74, 6) is 0.711. The Kier molecular flexibility index (Phi) is 4.91. The van der Waals surface area contributed by atoms with Crippen molar-refractivity contribution in [1.82, 2.24) is 0 Å². The van der Waals surface area contributed by atoms with E-state index in [9.17, 15) is 5.11 Å². The number of benzene rings is 1. The molecule has 1 saturated carbocycles. The number of halogens is 1. The predicted octanol–water partition coefficient (Wildman–Crippen LogP) is 4.52. The first-order valence-corrected chi connectivity index (χ1v) is 8.02. The summed E-state index contributed by atoms with van der Waals surface area (Å²) in [5, 5.41) is 9.98. The van der Waals surface area contributed by atoms with Gasteiger partial charge in [0.1, 0.15) is 0 Å². The van der Waals surface area contributed by atoms with Crippen LogP contribution < -0.4 is 4.90 Å². The van der Waals surface area contributed by atoms with Crippen LogP contribution in [0.25, 0.3) is 0 Å². The van der Waals surface area contributed by atoms with E-state index < -0.39 is 6.10 Å². The van der Waals surface area contributed by atoms with Crippen molar-refractivity contribution in [2.24, 2.45) is 5.92 Å². The summed E-state index contributed by atoms with van der Waals surface area (Å²) in [7, 11) is 0. The van der Waals surface area contributed by atoms with E-state index >= 15 is 0 Å². The van der Waals surface area contributed by atoms with Crippen molar-refractivity contribution >= 4 is 21.6 Å². The second-order valence-corrected chi connectivity index (χ2v) is 6.90. The molecule has 1 aliphatic rings. The van der Waals surface area contributed by atoms with Gasteiger partial charge in [0.05, 0.1) is 6.10 Å². The second-order valence-electron chi connectivity index (χ2n) is 5.99. The summed E-state index contributed by atoms with van der Waals surface area (Å²) in [6.07, 6.45) is 3.35. The van der Waals surface area contributed by atoms with Crippen LogP contribution in [-0.2, 0) is 0 Å². The van der Waals surface area contributed by atoms with E-state index in [1.54, 1.807) is 0 Å². The van der Waals surface area contributed by atoms with Gasteiger partial charge in [-0.05, 0) is 44.2 Å². The zero-order valence-electron chi connectivity index (χ0n) is 12.1. The molecule has 1 aromatic rings. The van der Waals surface area contributed by atoms with Crippen molar-refractivity contribution < 1.29 is 5.11 Å². The maximum atomic E-state index is 9.98. The van der Waals surface area contributed by atoms with Crippen LogP contribution in [0.1, 0.15) is 51.7 Å². The van der Waals surface area contributed by atoms with Gasteiger partial charge in [-0.25, -0.2) is 0 Å². The Bertz CT molecular complexity index is 427. The monoisotopic (exact) mass is 325 g/mol. The molecule has 0 aliphatic heterocycles. The zero-order valence-corrected chi connectivity index (χ0v) is 13.7. The van der Waals surface area contributed by atoms with Crippen molar-refractivity contribution in [3.63, 3.8) is 0 Å². The normalized spacial score (nSPS) is 16.7. The quantitative estimate of drug-likeness (QED) is 0.831. The smallest absolute Gasteiger partial charge is 0.0782 e. The van der Waals surface area contributed by atoms with Gasteiger partial charge < -0.3 is 10.0 Å². The van der Waals surface area contributed by atoms with Gasteiger partial charge in [-0.15, -0.1) is 0 Å². The Morgan fingerprint density at radius 1 is 1.32 bits per heavy atom. The van der Waals surface area contributed by atoms with Crippen LogP contribution in [0.2, 0.25) is 0 Å². The summed E-state index contributed by atoms with van der Waals surface area (Å²) in [5.41, 5.74) is 2.24. The Balaban J connectivity index is 2.26. The number of anilines is 1. The summed E-state index contributed by atoms with van der Waals surface area (Å²) >= 11 is 3.56.